The fraction of sp³-hybridized carbons (Fsp3) is 0. The van der Waals surface area contributed by atoms with Gasteiger partial charge in [0.25, 0.3) is 5.91 Å². The molecule has 1 aromatic carbocycles. The zero-order chi connectivity index (χ0) is 23.5. The van der Waals surface area contributed by atoms with E-state index in [-0.39, 0.29) is 5.91 Å². The molecule has 0 spiro atoms. The zero-order valence-electron chi connectivity index (χ0n) is 17.8. The fourth-order valence-corrected chi connectivity index (χ4v) is 3.43. The van der Waals surface area contributed by atoms with Crippen LogP contribution in [-0.4, -0.2) is 36.0 Å². The van der Waals surface area contributed by atoms with E-state index >= 15 is 0 Å². The van der Waals surface area contributed by atoms with Gasteiger partial charge in [0.15, 0.2) is 5.82 Å². The topological polar surface area (TPSA) is 176 Å². The number of fused-ring (bicyclic) bond motifs is 2. The molecular weight excluding hydrogens is 432 g/mol. The lowest BCUT2D eigenvalue weighted by atomic mass is 10.2. The molecule has 0 saturated heterocycles. The largest absolute Gasteiger partial charge is 0.405 e. The molecule has 0 fully saturated rings. The lowest BCUT2D eigenvalue weighted by Crippen LogP contribution is -2.23. The number of allylic oxidation sites excluding steroid dienone is 1. The summed E-state index contributed by atoms with van der Waals surface area (Å²) in [7, 11) is 0. The summed E-state index contributed by atoms with van der Waals surface area (Å²) in [5.41, 5.74) is 14.7. The minimum absolute atomic E-state index is 0.352. The summed E-state index contributed by atoms with van der Waals surface area (Å²) in [5.74, 6) is 0.707. The van der Waals surface area contributed by atoms with Crippen LogP contribution in [-0.2, 0) is 0 Å². The molecule has 11 heteroatoms. The van der Waals surface area contributed by atoms with Crippen molar-refractivity contribution in [2.45, 2.75) is 0 Å². The molecule has 0 aliphatic carbocycles. The van der Waals surface area contributed by atoms with E-state index in [4.69, 9.17) is 11.5 Å². The molecule has 34 heavy (non-hydrogen) atoms. The number of carbonyl (C=O) groups excluding carboxylic acids is 1. The standard InChI is InChI=1S/C23H20N10O/c24-5-3-16(10-25)30-23(34)20-8-14-11-27-19(9-18(14)31-20)22-26-6-4-21(32-22)29-15-1-2-17-13(7-15)12-28-33-17/h1-12,31H,24-25H2,(H,28,33)(H,30,34)(H,26,29,32)/b5-3-,16-10+. The van der Waals surface area contributed by atoms with Gasteiger partial charge < -0.3 is 27.1 Å². The minimum atomic E-state index is -0.357. The van der Waals surface area contributed by atoms with E-state index in [9.17, 15) is 4.79 Å². The molecule has 0 unspecified atom stereocenters. The van der Waals surface area contributed by atoms with Gasteiger partial charge in [0.2, 0.25) is 0 Å². The van der Waals surface area contributed by atoms with Gasteiger partial charge in [-0.3, -0.25) is 14.9 Å². The number of anilines is 2. The van der Waals surface area contributed by atoms with Gasteiger partial charge in [-0.15, -0.1) is 0 Å². The first-order chi connectivity index (χ1) is 16.6. The van der Waals surface area contributed by atoms with Gasteiger partial charge in [0.1, 0.15) is 17.2 Å². The number of hydrogen-bond donors (Lipinski definition) is 6. The normalized spacial score (nSPS) is 11.9. The first-order valence-corrected chi connectivity index (χ1v) is 10.3. The van der Waals surface area contributed by atoms with Crippen molar-refractivity contribution in [3.05, 3.63) is 84.9 Å². The number of rotatable bonds is 6. The lowest BCUT2D eigenvalue weighted by molar-refractivity contribution is 0.0963. The maximum atomic E-state index is 12.5. The highest BCUT2D eigenvalue weighted by Crippen LogP contribution is 2.23. The number of nitrogens with one attached hydrogen (secondary N) is 4. The van der Waals surface area contributed by atoms with Crippen LogP contribution >= 0.6 is 0 Å². The third-order valence-corrected chi connectivity index (χ3v) is 5.06. The molecule has 8 N–H and O–H groups in total. The average molecular weight is 452 g/mol. The Hall–Kier alpha value is -5.19. The molecule has 4 aromatic heterocycles. The van der Waals surface area contributed by atoms with Crippen molar-refractivity contribution in [2.75, 3.05) is 5.32 Å². The van der Waals surface area contributed by atoms with E-state index in [1.807, 2.05) is 18.2 Å². The Labute approximate surface area is 193 Å². The van der Waals surface area contributed by atoms with E-state index in [0.717, 1.165) is 27.5 Å². The van der Waals surface area contributed by atoms with Crippen LogP contribution in [0.4, 0.5) is 11.5 Å². The van der Waals surface area contributed by atoms with E-state index in [2.05, 4.69) is 40.8 Å². The third kappa shape index (κ3) is 4.12. The van der Waals surface area contributed by atoms with Crippen LogP contribution in [0, 0.1) is 0 Å². The van der Waals surface area contributed by atoms with Gasteiger partial charge in [0, 0.05) is 40.6 Å². The van der Waals surface area contributed by atoms with E-state index < -0.39 is 0 Å². The van der Waals surface area contributed by atoms with Crippen molar-refractivity contribution in [1.82, 2.24) is 35.5 Å². The van der Waals surface area contributed by atoms with Crippen molar-refractivity contribution < 1.29 is 4.79 Å². The summed E-state index contributed by atoms with van der Waals surface area (Å²) >= 11 is 0. The molecule has 11 nitrogen and oxygen atoms in total. The molecule has 0 bridgehead atoms. The van der Waals surface area contributed by atoms with Gasteiger partial charge in [-0.2, -0.15) is 5.10 Å². The molecule has 0 saturated carbocycles. The summed E-state index contributed by atoms with van der Waals surface area (Å²) in [6.07, 6.45) is 9.12. The molecule has 0 aliphatic heterocycles. The Morgan fingerprint density at radius 1 is 1.00 bits per heavy atom. The number of pyridine rings is 1. The Morgan fingerprint density at radius 2 is 1.88 bits per heavy atom. The monoisotopic (exact) mass is 452 g/mol. The first-order valence-electron chi connectivity index (χ1n) is 10.3. The minimum Gasteiger partial charge on any atom is -0.405 e. The van der Waals surface area contributed by atoms with Gasteiger partial charge in [-0.25, -0.2) is 9.97 Å². The number of H-pyrrole nitrogens is 2. The predicted octanol–water partition coefficient (Wildman–Crippen LogP) is 2.64. The van der Waals surface area contributed by atoms with Crippen molar-refractivity contribution in [1.29, 1.82) is 0 Å². The molecule has 5 aromatic rings. The number of nitrogens with two attached hydrogens (primary N) is 2. The second kappa shape index (κ2) is 8.74. The van der Waals surface area contributed by atoms with Crippen molar-refractivity contribution in [2.24, 2.45) is 11.5 Å². The van der Waals surface area contributed by atoms with Gasteiger partial charge in [-0.05, 0) is 48.7 Å². The number of nitrogens with zero attached hydrogens (tertiary/aromatic N) is 4. The average Bonchev–Trinajstić information content (AvgIpc) is 3.50. The highest BCUT2D eigenvalue weighted by molar-refractivity contribution is 5.99. The maximum Gasteiger partial charge on any atom is 0.272 e. The Kier molecular flexibility index (Phi) is 5.32. The lowest BCUT2D eigenvalue weighted by Gasteiger charge is -2.07. The highest BCUT2D eigenvalue weighted by atomic mass is 16.1. The second-order valence-electron chi connectivity index (χ2n) is 7.34. The molecule has 0 atom stereocenters. The number of amides is 1. The van der Waals surface area contributed by atoms with E-state index in [0.29, 0.717) is 28.7 Å². The van der Waals surface area contributed by atoms with Gasteiger partial charge in [-0.1, -0.05) is 0 Å². The smallest absolute Gasteiger partial charge is 0.272 e. The van der Waals surface area contributed by atoms with Crippen LogP contribution in [0.5, 0.6) is 0 Å². The molecule has 4 heterocycles. The molecule has 1 amide bonds. The summed E-state index contributed by atoms with van der Waals surface area (Å²) in [4.78, 5) is 29.0. The number of benzene rings is 1. The Balaban J connectivity index is 1.39. The van der Waals surface area contributed by atoms with Crippen molar-refractivity contribution in [3.63, 3.8) is 0 Å². The molecule has 5 rings (SSSR count). The van der Waals surface area contributed by atoms with Crippen LogP contribution in [0.2, 0.25) is 0 Å². The van der Waals surface area contributed by atoms with Gasteiger partial charge >= 0.3 is 0 Å². The summed E-state index contributed by atoms with van der Waals surface area (Å²) in [5, 5.41) is 14.7. The van der Waals surface area contributed by atoms with Crippen LogP contribution in [0.15, 0.2) is 79.2 Å². The van der Waals surface area contributed by atoms with Crippen LogP contribution < -0.4 is 22.1 Å². The molecule has 168 valence electrons. The molecule has 0 aliphatic rings. The van der Waals surface area contributed by atoms with Crippen molar-refractivity contribution in [3.8, 4) is 11.5 Å². The predicted molar refractivity (Wildman–Crippen MR) is 130 cm³/mol. The van der Waals surface area contributed by atoms with Crippen LogP contribution in [0.25, 0.3) is 33.3 Å². The fourth-order valence-electron chi connectivity index (χ4n) is 3.43. The number of hydrogen-bond acceptors (Lipinski definition) is 8. The summed E-state index contributed by atoms with van der Waals surface area (Å²) in [6, 6.07) is 11.1. The summed E-state index contributed by atoms with van der Waals surface area (Å²) < 4.78 is 0. The van der Waals surface area contributed by atoms with Gasteiger partial charge in [0.05, 0.1) is 17.4 Å². The van der Waals surface area contributed by atoms with E-state index in [1.54, 1.807) is 36.8 Å². The number of aromatic nitrogens is 6. The molecular formula is C23H20N10O. The van der Waals surface area contributed by atoms with Crippen molar-refractivity contribution >= 4 is 39.2 Å². The highest BCUT2D eigenvalue weighted by Gasteiger charge is 2.13. The van der Waals surface area contributed by atoms with Crippen LogP contribution in [0.1, 0.15) is 10.5 Å². The molecule has 0 radical (unpaired) electrons. The summed E-state index contributed by atoms with van der Waals surface area (Å²) in [6.45, 7) is 0. The SMILES string of the molecule is N/C=C\C(=C/N)NC(=O)c1cc2cnc(-c3nccc(Nc4ccc5[nH]ncc5c4)n3)cc2[nH]1. The first kappa shape index (κ1) is 20.7. The maximum absolute atomic E-state index is 12.5. The zero-order valence-corrected chi connectivity index (χ0v) is 17.8. The Bertz CT molecular complexity index is 1560. The second-order valence-corrected chi connectivity index (χ2v) is 7.34. The van der Waals surface area contributed by atoms with Crippen LogP contribution in [0.3, 0.4) is 0 Å². The number of aromatic amines is 2. The third-order valence-electron chi connectivity index (χ3n) is 5.06. The Morgan fingerprint density at radius 3 is 2.74 bits per heavy atom. The quantitative estimate of drug-likeness (QED) is 0.213. The number of carbonyl (C=O) groups is 1. The van der Waals surface area contributed by atoms with E-state index in [1.165, 1.54) is 18.5 Å².